The van der Waals surface area contributed by atoms with Gasteiger partial charge in [0.05, 0.1) is 12.1 Å². The molecule has 0 aliphatic carbocycles. The maximum absolute atomic E-state index is 13.8. The maximum atomic E-state index is 13.8. The van der Waals surface area contributed by atoms with Crippen LogP contribution in [0.4, 0.5) is 15.8 Å². The second-order valence-electron chi connectivity index (χ2n) is 4.02. The summed E-state index contributed by atoms with van der Waals surface area (Å²) in [5, 5.41) is 12.1. The molecule has 3 nitrogen and oxygen atoms in total. The van der Waals surface area contributed by atoms with Crippen molar-refractivity contribution in [2.24, 2.45) is 0 Å². The van der Waals surface area contributed by atoms with Crippen molar-refractivity contribution < 1.29 is 14.3 Å². The monoisotopic (exact) mass is 279 g/mol. The van der Waals surface area contributed by atoms with E-state index in [1.165, 1.54) is 12.1 Å². The van der Waals surface area contributed by atoms with Crippen molar-refractivity contribution in [1.82, 2.24) is 0 Å². The highest BCUT2D eigenvalue weighted by molar-refractivity contribution is 6.30. The van der Waals surface area contributed by atoms with Crippen molar-refractivity contribution in [2.45, 2.75) is 6.42 Å². The van der Waals surface area contributed by atoms with Crippen LogP contribution < -0.4 is 5.32 Å². The van der Waals surface area contributed by atoms with Crippen LogP contribution in [0.25, 0.3) is 0 Å². The first-order valence-electron chi connectivity index (χ1n) is 5.57. The van der Waals surface area contributed by atoms with E-state index in [0.29, 0.717) is 16.3 Å². The van der Waals surface area contributed by atoms with Gasteiger partial charge in [0.1, 0.15) is 5.82 Å². The SMILES string of the molecule is O=C(O)Cc1ccc(Nc2cccc(Cl)c2)c(F)c1. The Kier molecular flexibility index (Phi) is 4.02. The summed E-state index contributed by atoms with van der Waals surface area (Å²) in [7, 11) is 0. The largest absolute Gasteiger partial charge is 0.481 e. The Balaban J connectivity index is 2.19. The zero-order chi connectivity index (χ0) is 13.8. The first kappa shape index (κ1) is 13.4. The van der Waals surface area contributed by atoms with Crippen molar-refractivity contribution >= 4 is 28.9 Å². The van der Waals surface area contributed by atoms with E-state index in [2.05, 4.69) is 5.32 Å². The maximum Gasteiger partial charge on any atom is 0.307 e. The molecule has 2 rings (SSSR count). The Morgan fingerprint density at radius 1 is 1.26 bits per heavy atom. The molecular formula is C14H11ClFNO2. The Hall–Kier alpha value is -2.07. The number of carboxylic acid groups (broad SMARTS) is 1. The number of carbonyl (C=O) groups is 1. The third kappa shape index (κ3) is 3.69. The minimum absolute atomic E-state index is 0.200. The summed E-state index contributed by atoms with van der Waals surface area (Å²) in [5.41, 5.74) is 1.36. The standard InChI is InChI=1S/C14H11ClFNO2/c15-10-2-1-3-11(8-10)17-13-5-4-9(6-12(13)16)7-14(18)19/h1-6,8,17H,7H2,(H,18,19). The molecule has 0 radical (unpaired) electrons. The predicted octanol–water partition coefficient (Wildman–Crippen LogP) is 3.85. The molecule has 0 bridgehead atoms. The van der Waals surface area contributed by atoms with E-state index < -0.39 is 11.8 Å². The van der Waals surface area contributed by atoms with Gasteiger partial charge in [-0.3, -0.25) is 4.79 Å². The fourth-order valence-corrected chi connectivity index (χ4v) is 1.86. The van der Waals surface area contributed by atoms with Gasteiger partial charge in [0.15, 0.2) is 0 Å². The lowest BCUT2D eigenvalue weighted by atomic mass is 10.1. The molecule has 0 amide bonds. The number of hydrogen-bond donors (Lipinski definition) is 2. The molecule has 0 aromatic heterocycles. The molecule has 98 valence electrons. The van der Waals surface area contributed by atoms with Crippen LogP contribution in [-0.4, -0.2) is 11.1 Å². The van der Waals surface area contributed by atoms with Gasteiger partial charge < -0.3 is 10.4 Å². The van der Waals surface area contributed by atoms with Gasteiger partial charge in [-0.05, 0) is 35.9 Å². The average molecular weight is 280 g/mol. The number of anilines is 2. The highest BCUT2D eigenvalue weighted by Crippen LogP contribution is 2.23. The van der Waals surface area contributed by atoms with Gasteiger partial charge >= 0.3 is 5.97 Å². The van der Waals surface area contributed by atoms with Crippen LogP contribution in [0.2, 0.25) is 5.02 Å². The van der Waals surface area contributed by atoms with E-state index in [0.717, 1.165) is 0 Å². The second kappa shape index (κ2) is 5.71. The highest BCUT2D eigenvalue weighted by Gasteiger charge is 2.06. The molecule has 19 heavy (non-hydrogen) atoms. The number of carboxylic acids is 1. The Morgan fingerprint density at radius 2 is 2.05 bits per heavy atom. The molecule has 0 atom stereocenters. The molecule has 2 aromatic carbocycles. The van der Waals surface area contributed by atoms with Crippen LogP contribution in [0.5, 0.6) is 0 Å². The van der Waals surface area contributed by atoms with Gasteiger partial charge in [-0.2, -0.15) is 0 Å². The average Bonchev–Trinajstić information content (AvgIpc) is 2.32. The van der Waals surface area contributed by atoms with Gasteiger partial charge in [-0.25, -0.2) is 4.39 Å². The lowest BCUT2D eigenvalue weighted by molar-refractivity contribution is -0.136. The van der Waals surface area contributed by atoms with Gasteiger partial charge in [0, 0.05) is 10.7 Å². The van der Waals surface area contributed by atoms with E-state index in [4.69, 9.17) is 16.7 Å². The van der Waals surface area contributed by atoms with Crippen molar-refractivity contribution in [3.63, 3.8) is 0 Å². The molecule has 0 saturated carbocycles. The van der Waals surface area contributed by atoms with E-state index in [1.54, 1.807) is 30.3 Å². The summed E-state index contributed by atoms with van der Waals surface area (Å²) >= 11 is 5.83. The van der Waals surface area contributed by atoms with E-state index in [9.17, 15) is 9.18 Å². The molecule has 0 saturated heterocycles. The first-order valence-corrected chi connectivity index (χ1v) is 5.95. The van der Waals surface area contributed by atoms with Crippen molar-refractivity contribution in [1.29, 1.82) is 0 Å². The summed E-state index contributed by atoms with van der Waals surface area (Å²) < 4.78 is 13.8. The Bertz CT molecular complexity index is 616. The summed E-state index contributed by atoms with van der Waals surface area (Å²) in [6.07, 6.45) is -0.200. The third-order valence-corrected chi connectivity index (χ3v) is 2.73. The zero-order valence-corrected chi connectivity index (χ0v) is 10.6. The fraction of sp³-hybridized carbons (Fsp3) is 0.0714. The summed E-state index contributed by atoms with van der Waals surface area (Å²) in [6.45, 7) is 0. The van der Waals surface area contributed by atoms with E-state index in [-0.39, 0.29) is 12.1 Å². The third-order valence-electron chi connectivity index (χ3n) is 2.49. The number of halogens is 2. The molecule has 0 unspecified atom stereocenters. The van der Waals surface area contributed by atoms with E-state index >= 15 is 0 Å². The number of nitrogens with one attached hydrogen (secondary N) is 1. The van der Waals surface area contributed by atoms with Gasteiger partial charge in [-0.15, -0.1) is 0 Å². The number of rotatable bonds is 4. The van der Waals surface area contributed by atoms with Crippen LogP contribution in [0.3, 0.4) is 0 Å². The van der Waals surface area contributed by atoms with Crippen LogP contribution in [-0.2, 0) is 11.2 Å². The topological polar surface area (TPSA) is 49.3 Å². The molecule has 0 aliphatic heterocycles. The number of benzene rings is 2. The Morgan fingerprint density at radius 3 is 2.68 bits per heavy atom. The molecule has 5 heteroatoms. The molecule has 0 spiro atoms. The minimum Gasteiger partial charge on any atom is -0.481 e. The molecule has 0 heterocycles. The lowest BCUT2D eigenvalue weighted by Gasteiger charge is -2.09. The van der Waals surface area contributed by atoms with Crippen molar-refractivity contribution in [3.8, 4) is 0 Å². The quantitative estimate of drug-likeness (QED) is 0.894. The van der Waals surface area contributed by atoms with Gasteiger partial charge in [0.25, 0.3) is 0 Å². The van der Waals surface area contributed by atoms with Crippen molar-refractivity contribution in [3.05, 3.63) is 58.9 Å². The normalized spacial score (nSPS) is 10.2. The molecule has 2 N–H and O–H groups in total. The summed E-state index contributed by atoms with van der Waals surface area (Å²) in [4.78, 5) is 10.5. The van der Waals surface area contributed by atoms with Gasteiger partial charge in [0.2, 0.25) is 0 Å². The second-order valence-corrected chi connectivity index (χ2v) is 4.46. The summed E-state index contributed by atoms with van der Waals surface area (Å²) in [6, 6.07) is 11.2. The molecule has 0 aliphatic rings. The molecule has 2 aromatic rings. The minimum atomic E-state index is -0.991. The zero-order valence-electron chi connectivity index (χ0n) is 9.86. The number of hydrogen-bond acceptors (Lipinski definition) is 2. The first-order chi connectivity index (χ1) is 9.04. The smallest absolute Gasteiger partial charge is 0.307 e. The van der Waals surface area contributed by atoms with Crippen LogP contribution in [0, 0.1) is 5.82 Å². The van der Waals surface area contributed by atoms with Gasteiger partial charge in [-0.1, -0.05) is 23.7 Å². The highest BCUT2D eigenvalue weighted by atomic mass is 35.5. The van der Waals surface area contributed by atoms with Crippen LogP contribution in [0.15, 0.2) is 42.5 Å². The Labute approximate surface area is 114 Å². The predicted molar refractivity (Wildman–Crippen MR) is 72.5 cm³/mol. The van der Waals surface area contributed by atoms with Crippen LogP contribution in [0.1, 0.15) is 5.56 Å². The molecular weight excluding hydrogens is 269 g/mol. The van der Waals surface area contributed by atoms with Crippen LogP contribution >= 0.6 is 11.6 Å². The van der Waals surface area contributed by atoms with Crippen molar-refractivity contribution in [2.75, 3.05) is 5.32 Å². The van der Waals surface area contributed by atoms with E-state index in [1.807, 2.05) is 0 Å². The summed E-state index contributed by atoms with van der Waals surface area (Å²) in [5.74, 6) is -1.49. The fourth-order valence-electron chi connectivity index (χ4n) is 1.67. The molecule has 0 fully saturated rings. The lowest BCUT2D eigenvalue weighted by Crippen LogP contribution is -2.01. The number of aliphatic carboxylic acids is 1.